The molecule has 442 valence electrons. The summed E-state index contributed by atoms with van der Waals surface area (Å²) in [6.45, 7) is 10.9. The van der Waals surface area contributed by atoms with Gasteiger partial charge in [0, 0.05) is 42.4 Å². The van der Waals surface area contributed by atoms with Gasteiger partial charge in [0.05, 0.1) is 157 Å². The van der Waals surface area contributed by atoms with Gasteiger partial charge in [-0.3, -0.25) is 28.5 Å². The number of hydrogen-bond donors (Lipinski definition) is 3. The van der Waals surface area contributed by atoms with Gasteiger partial charge in [-0.15, -0.1) is 0 Å². The summed E-state index contributed by atoms with van der Waals surface area (Å²) >= 11 is 0. The number of aromatic nitrogens is 2. The maximum atomic E-state index is 14.0. The standard InChI is InChI=1S/C50H70F4N6O18S/c1-3-9-60(77-4-2)50(63)38-30-37-6-5-36(31-40(37)58-41(55)32-38)39-33-57-59(34-39)35-42(61)56-8-11-68-13-15-70-17-19-72-21-23-74-25-27-76-29-28-75-26-24-73-22-20-71-18-16-69-14-12-67-10-7-43(62)78-48-44(51)46(53)49(79(64,65)66)47(54)45(48)52/h5-6,30-31,33-34H,3-4,7-29,32,35H2,1-2H3,(H2,55,58)(H,56,61)(H,64,65,66). The van der Waals surface area contributed by atoms with Gasteiger partial charge in [0.25, 0.3) is 5.91 Å². The molecule has 79 heavy (non-hydrogen) atoms. The van der Waals surface area contributed by atoms with Crippen molar-refractivity contribution < 1.29 is 102 Å². The first-order chi connectivity index (χ1) is 38.1. The van der Waals surface area contributed by atoms with E-state index in [9.17, 15) is 40.4 Å². The molecule has 0 spiro atoms. The van der Waals surface area contributed by atoms with Crippen molar-refractivity contribution in [3.05, 3.63) is 65.0 Å². The van der Waals surface area contributed by atoms with Crippen molar-refractivity contribution >= 4 is 45.5 Å². The number of carbonyl (C=O) groups excluding carboxylic acids is 3. The van der Waals surface area contributed by atoms with Crippen LogP contribution in [0.15, 0.2) is 46.1 Å². The fourth-order valence-corrected chi connectivity index (χ4v) is 7.46. The third kappa shape index (κ3) is 24.8. The Kier molecular flexibility index (Phi) is 31.2. The quantitative estimate of drug-likeness (QED) is 0.0139. The van der Waals surface area contributed by atoms with Crippen molar-refractivity contribution in [2.75, 3.05) is 152 Å². The first-order valence-electron chi connectivity index (χ1n) is 25.4. The molecular weight excluding hydrogens is 1080 g/mol. The molecule has 4 rings (SSSR count). The van der Waals surface area contributed by atoms with Gasteiger partial charge >= 0.3 is 16.1 Å². The number of halogens is 4. The molecule has 29 heteroatoms. The Morgan fingerprint density at radius 3 is 1.65 bits per heavy atom. The number of nitrogens with zero attached hydrogens (tertiary/aromatic N) is 4. The Balaban J connectivity index is 0.856. The molecule has 0 aliphatic carbocycles. The molecule has 2 amide bonds. The molecule has 0 unspecified atom stereocenters. The van der Waals surface area contributed by atoms with Crippen molar-refractivity contribution in [3.8, 4) is 16.9 Å². The summed E-state index contributed by atoms with van der Waals surface area (Å²) < 4.78 is 147. The third-order valence-electron chi connectivity index (χ3n) is 10.5. The number of benzene rings is 2. The molecule has 0 atom stereocenters. The van der Waals surface area contributed by atoms with Crippen LogP contribution in [0.1, 0.15) is 38.7 Å². The average molecular weight is 1150 g/mol. The van der Waals surface area contributed by atoms with E-state index >= 15 is 0 Å². The van der Waals surface area contributed by atoms with Crippen LogP contribution in [0.4, 0.5) is 23.2 Å². The molecule has 1 aromatic heterocycles. The monoisotopic (exact) mass is 1150 g/mol. The zero-order chi connectivity index (χ0) is 57.3. The lowest BCUT2D eigenvalue weighted by Crippen LogP contribution is -2.34. The van der Waals surface area contributed by atoms with Crippen molar-refractivity contribution in [2.45, 2.75) is 44.6 Å². The van der Waals surface area contributed by atoms with E-state index in [4.69, 9.17) is 62.5 Å². The number of esters is 1. The molecule has 0 saturated heterocycles. The average Bonchev–Trinajstić information content (AvgIpc) is 3.82. The number of aliphatic imine (C=N–C) groups is 1. The third-order valence-corrected chi connectivity index (χ3v) is 11.4. The van der Waals surface area contributed by atoms with Gasteiger partial charge in [-0.2, -0.15) is 22.3 Å². The van der Waals surface area contributed by atoms with Gasteiger partial charge in [0.2, 0.25) is 23.3 Å². The first-order valence-corrected chi connectivity index (χ1v) is 26.8. The molecule has 1 aliphatic heterocycles. The minimum absolute atomic E-state index is 0.0165. The summed E-state index contributed by atoms with van der Waals surface area (Å²) in [5.41, 5.74) is 9.72. The normalized spacial score (nSPS) is 12.5. The van der Waals surface area contributed by atoms with Gasteiger partial charge in [-0.05, 0) is 31.1 Å². The predicted octanol–water partition coefficient (Wildman–Crippen LogP) is 3.60. The molecule has 0 fully saturated rings. The molecule has 2 aromatic carbocycles. The highest BCUT2D eigenvalue weighted by atomic mass is 32.2. The summed E-state index contributed by atoms with van der Waals surface area (Å²) in [5.74, 6) is -12.8. The number of ether oxygens (including phenoxy) is 11. The highest BCUT2D eigenvalue weighted by molar-refractivity contribution is 7.85. The highest BCUT2D eigenvalue weighted by Crippen LogP contribution is 2.34. The van der Waals surface area contributed by atoms with Gasteiger partial charge < -0.3 is 63.2 Å². The lowest BCUT2D eigenvalue weighted by Gasteiger charge is -2.21. The number of nitrogens with two attached hydrogens (primary N) is 1. The van der Waals surface area contributed by atoms with E-state index in [0.717, 1.165) is 23.1 Å². The van der Waals surface area contributed by atoms with Crippen LogP contribution in [0, 0.1) is 23.3 Å². The summed E-state index contributed by atoms with van der Waals surface area (Å²) in [7, 11) is -5.65. The Hall–Kier alpha value is -5.54. The van der Waals surface area contributed by atoms with Crippen LogP contribution in [-0.2, 0) is 83.3 Å². The number of amidine groups is 1. The zero-order valence-corrected chi connectivity index (χ0v) is 45.0. The first kappa shape index (κ1) is 66.0. The maximum absolute atomic E-state index is 14.0. The van der Waals surface area contributed by atoms with Crippen LogP contribution in [0.5, 0.6) is 5.75 Å². The maximum Gasteiger partial charge on any atom is 0.313 e. The van der Waals surface area contributed by atoms with Gasteiger partial charge in [0.1, 0.15) is 12.4 Å². The van der Waals surface area contributed by atoms with E-state index in [-0.39, 0.29) is 57.8 Å². The Morgan fingerprint density at radius 2 is 1.18 bits per heavy atom. The van der Waals surface area contributed by atoms with Gasteiger partial charge in [-0.25, -0.2) is 18.8 Å². The molecule has 3 aromatic rings. The minimum Gasteiger partial charge on any atom is -0.420 e. The van der Waals surface area contributed by atoms with Crippen molar-refractivity contribution in [1.82, 2.24) is 20.2 Å². The summed E-state index contributed by atoms with van der Waals surface area (Å²) in [4.78, 5) is 45.4. The van der Waals surface area contributed by atoms with Crippen molar-refractivity contribution in [1.29, 1.82) is 0 Å². The largest absolute Gasteiger partial charge is 0.420 e. The van der Waals surface area contributed by atoms with E-state index < -0.39 is 56.4 Å². The Labute approximate surface area is 455 Å². The molecule has 0 radical (unpaired) electrons. The lowest BCUT2D eigenvalue weighted by atomic mass is 10.0. The summed E-state index contributed by atoms with van der Waals surface area (Å²) in [6.07, 6.45) is 5.61. The number of carbonyl (C=O) groups is 3. The molecule has 1 aliphatic rings. The fourth-order valence-electron chi connectivity index (χ4n) is 6.83. The van der Waals surface area contributed by atoms with E-state index in [1.54, 1.807) is 23.2 Å². The van der Waals surface area contributed by atoms with Crippen LogP contribution in [-0.4, -0.2) is 203 Å². The topological polar surface area (TPSA) is 288 Å². The molecule has 24 nitrogen and oxygen atoms in total. The molecule has 4 N–H and O–H groups in total. The number of rotatable bonds is 43. The molecule has 2 heterocycles. The number of fused-ring (bicyclic) bond motifs is 1. The van der Waals surface area contributed by atoms with E-state index in [1.807, 2.05) is 32.0 Å². The zero-order valence-electron chi connectivity index (χ0n) is 44.2. The van der Waals surface area contributed by atoms with Crippen molar-refractivity contribution in [3.63, 3.8) is 0 Å². The lowest BCUT2D eigenvalue weighted by molar-refractivity contribution is -0.180. The van der Waals surface area contributed by atoms with E-state index in [2.05, 4.69) is 20.1 Å². The molecule has 0 saturated carbocycles. The SMILES string of the molecule is CCCN(OCC)C(=O)C1=Cc2ccc(-c3cnn(CC(=O)NCCOCCOCCOCCOCCOCCOCCOCCOCCOCCOCCC(=O)Oc4c(F)c(F)c(S(=O)(=O)O)c(F)c4F)c3)cc2N=C(N)C1. The Morgan fingerprint density at radius 1 is 0.696 bits per heavy atom. The van der Waals surface area contributed by atoms with Crippen LogP contribution < -0.4 is 15.8 Å². The molecule has 0 bridgehead atoms. The molecular formula is C50H70F4N6O18S. The van der Waals surface area contributed by atoms with Crippen LogP contribution >= 0.6 is 0 Å². The number of amides is 2. The fraction of sp³-hybridized carbons (Fsp3) is 0.580. The number of hydrogen-bond acceptors (Lipinski definition) is 20. The second-order valence-corrected chi connectivity index (χ2v) is 17.9. The van der Waals surface area contributed by atoms with Gasteiger partial charge in [-0.1, -0.05) is 19.1 Å². The van der Waals surface area contributed by atoms with Crippen LogP contribution in [0.3, 0.4) is 0 Å². The van der Waals surface area contributed by atoms with Gasteiger partial charge in [0.15, 0.2) is 16.5 Å². The van der Waals surface area contributed by atoms with E-state index in [1.165, 1.54) is 5.06 Å². The summed E-state index contributed by atoms with van der Waals surface area (Å²) in [5, 5.41) is 8.53. The van der Waals surface area contributed by atoms with Crippen molar-refractivity contribution in [2.24, 2.45) is 10.7 Å². The van der Waals surface area contributed by atoms with Crippen LogP contribution in [0.25, 0.3) is 17.2 Å². The number of nitrogens with one attached hydrogen (secondary N) is 1. The van der Waals surface area contributed by atoms with E-state index in [0.29, 0.717) is 136 Å². The smallest absolute Gasteiger partial charge is 0.313 e. The summed E-state index contributed by atoms with van der Waals surface area (Å²) in [6, 6.07) is 5.66. The minimum atomic E-state index is -5.65. The Bertz CT molecular complexity index is 2490. The highest BCUT2D eigenvalue weighted by Gasteiger charge is 2.34. The second-order valence-electron chi connectivity index (χ2n) is 16.6. The number of hydroxylamine groups is 2. The van der Waals surface area contributed by atoms with Crippen LogP contribution in [0.2, 0.25) is 0 Å². The second kappa shape index (κ2) is 37.4. The predicted molar refractivity (Wildman–Crippen MR) is 273 cm³/mol.